The fourth-order valence-electron chi connectivity index (χ4n) is 4.14. The number of ether oxygens (including phenoxy) is 1. The van der Waals surface area contributed by atoms with Crippen molar-refractivity contribution >= 4 is 34.5 Å². The van der Waals surface area contributed by atoms with Gasteiger partial charge in [0.1, 0.15) is 11.9 Å². The first-order valence-electron chi connectivity index (χ1n) is 10.5. The minimum Gasteiger partial charge on any atom is -0.385 e. The Balaban J connectivity index is 1.72. The monoisotopic (exact) mass is 455 g/mol. The molecule has 168 valence electrons. The van der Waals surface area contributed by atoms with Crippen molar-refractivity contribution in [1.29, 1.82) is 0 Å². The summed E-state index contributed by atoms with van der Waals surface area (Å²) in [4.78, 5) is 28.3. The lowest BCUT2D eigenvalue weighted by Crippen LogP contribution is -2.44. The molecule has 0 aliphatic carbocycles. The average molecular weight is 456 g/mol. The van der Waals surface area contributed by atoms with E-state index in [1.54, 1.807) is 24.1 Å². The van der Waals surface area contributed by atoms with Gasteiger partial charge in [0.05, 0.1) is 10.8 Å². The smallest absolute Gasteiger partial charge is 0.247 e. The number of fused-ring (bicyclic) bond motifs is 3. The van der Waals surface area contributed by atoms with Crippen molar-refractivity contribution < 1.29 is 18.7 Å². The van der Waals surface area contributed by atoms with Crippen molar-refractivity contribution in [2.45, 2.75) is 24.0 Å². The molecule has 2 aromatic carbocycles. The standard InChI is InChI=1S/C24H26FN3O3S/c1-27-19-7-4-3-6-18(19)21-22(23(30)26-14-16-8-10-17(25)11-9-16)28(12-5-13-31-2)20(29)15-32-24(21)27/h3-4,6-11,22H,5,12-15H2,1-2H3,(H,26,30)/t22-/m1/s1. The number of carbonyl (C=O) groups is 2. The van der Waals surface area contributed by atoms with Crippen molar-refractivity contribution in [1.82, 2.24) is 14.8 Å². The molecule has 0 saturated heterocycles. The summed E-state index contributed by atoms with van der Waals surface area (Å²) >= 11 is 1.47. The summed E-state index contributed by atoms with van der Waals surface area (Å²) in [5, 5.41) is 4.86. The summed E-state index contributed by atoms with van der Waals surface area (Å²) in [7, 11) is 3.59. The molecule has 1 aromatic heterocycles. The van der Waals surface area contributed by atoms with Gasteiger partial charge in [0.25, 0.3) is 0 Å². The Hall–Kier alpha value is -2.84. The van der Waals surface area contributed by atoms with E-state index in [9.17, 15) is 14.0 Å². The van der Waals surface area contributed by atoms with Gasteiger partial charge in [-0.2, -0.15) is 0 Å². The van der Waals surface area contributed by atoms with Gasteiger partial charge in [-0.3, -0.25) is 9.59 Å². The van der Waals surface area contributed by atoms with Gasteiger partial charge in [0, 0.05) is 50.3 Å². The molecule has 32 heavy (non-hydrogen) atoms. The molecule has 0 fully saturated rings. The Morgan fingerprint density at radius 2 is 1.97 bits per heavy atom. The van der Waals surface area contributed by atoms with Crippen LogP contribution in [0.5, 0.6) is 0 Å². The Bertz CT molecular complexity index is 1130. The molecule has 2 heterocycles. The zero-order valence-corrected chi connectivity index (χ0v) is 19.0. The van der Waals surface area contributed by atoms with Crippen LogP contribution in [0.4, 0.5) is 4.39 Å². The molecule has 1 N–H and O–H groups in total. The van der Waals surface area contributed by atoms with E-state index in [4.69, 9.17) is 4.74 Å². The van der Waals surface area contributed by atoms with Crippen molar-refractivity contribution in [2.24, 2.45) is 7.05 Å². The number of aromatic nitrogens is 1. The number of amides is 2. The van der Waals surface area contributed by atoms with Crippen molar-refractivity contribution in [3.63, 3.8) is 0 Å². The van der Waals surface area contributed by atoms with Gasteiger partial charge in [-0.1, -0.05) is 42.1 Å². The number of thioether (sulfide) groups is 1. The van der Waals surface area contributed by atoms with E-state index in [0.717, 1.165) is 27.1 Å². The van der Waals surface area contributed by atoms with E-state index in [2.05, 4.69) is 9.88 Å². The first-order valence-corrected chi connectivity index (χ1v) is 11.5. The van der Waals surface area contributed by atoms with E-state index in [1.165, 1.54) is 23.9 Å². The molecule has 1 aliphatic rings. The number of hydrogen-bond donors (Lipinski definition) is 1. The van der Waals surface area contributed by atoms with Crippen LogP contribution in [0.2, 0.25) is 0 Å². The van der Waals surface area contributed by atoms with Gasteiger partial charge in [0.2, 0.25) is 11.8 Å². The lowest BCUT2D eigenvalue weighted by Gasteiger charge is -2.29. The van der Waals surface area contributed by atoms with E-state index >= 15 is 0 Å². The largest absolute Gasteiger partial charge is 0.385 e. The molecule has 3 aromatic rings. The molecule has 4 rings (SSSR count). The van der Waals surface area contributed by atoms with Crippen LogP contribution in [0.3, 0.4) is 0 Å². The lowest BCUT2D eigenvalue weighted by molar-refractivity contribution is -0.139. The zero-order valence-electron chi connectivity index (χ0n) is 18.1. The zero-order chi connectivity index (χ0) is 22.7. The Morgan fingerprint density at radius 3 is 2.72 bits per heavy atom. The maximum atomic E-state index is 13.6. The number of aryl methyl sites for hydroxylation is 1. The number of halogens is 1. The number of carbonyl (C=O) groups excluding carboxylic acids is 2. The minimum atomic E-state index is -0.754. The summed E-state index contributed by atoms with van der Waals surface area (Å²) in [6, 6.07) is 13.2. The topological polar surface area (TPSA) is 63.6 Å². The maximum Gasteiger partial charge on any atom is 0.247 e. The molecule has 2 amide bonds. The van der Waals surface area contributed by atoms with Crippen LogP contribution in [0.1, 0.15) is 23.6 Å². The van der Waals surface area contributed by atoms with Crippen LogP contribution in [-0.2, 0) is 27.9 Å². The number of hydrogen-bond acceptors (Lipinski definition) is 4. The fraction of sp³-hybridized carbons (Fsp3) is 0.333. The van der Waals surface area contributed by atoms with Gasteiger partial charge in [0.15, 0.2) is 0 Å². The summed E-state index contributed by atoms with van der Waals surface area (Å²) in [6.45, 7) is 1.18. The van der Waals surface area contributed by atoms with Crippen LogP contribution < -0.4 is 5.32 Å². The van der Waals surface area contributed by atoms with E-state index < -0.39 is 6.04 Å². The highest BCUT2D eigenvalue weighted by Gasteiger charge is 2.38. The highest BCUT2D eigenvalue weighted by Crippen LogP contribution is 2.41. The number of methoxy groups -OCH3 is 1. The number of benzene rings is 2. The maximum absolute atomic E-state index is 13.6. The Labute approximate surface area is 190 Å². The van der Waals surface area contributed by atoms with Crippen LogP contribution in [0.15, 0.2) is 53.6 Å². The second-order valence-corrected chi connectivity index (χ2v) is 8.73. The molecule has 0 radical (unpaired) electrons. The second kappa shape index (κ2) is 9.75. The van der Waals surface area contributed by atoms with Crippen LogP contribution in [-0.4, -0.2) is 47.3 Å². The third-order valence-corrected chi connectivity index (χ3v) is 6.86. The SMILES string of the molecule is COCCCN1C(=O)CSc2c(c3ccccc3n2C)[C@@H]1C(=O)NCc1ccc(F)cc1. The third kappa shape index (κ3) is 4.38. The molecule has 6 nitrogen and oxygen atoms in total. The van der Waals surface area contributed by atoms with Crippen molar-refractivity contribution in [3.05, 3.63) is 65.5 Å². The predicted octanol–water partition coefficient (Wildman–Crippen LogP) is 3.65. The first kappa shape index (κ1) is 22.4. The normalized spacial score (nSPS) is 16.2. The van der Waals surface area contributed by atoms with Gasteiger partial charge in [-0.15, -0.1) is 0 Å². The number of para-hydroxylation sites is 1. The van der Waals surface area contributed by atoms with E-state index in [0.29, 0.717) is 19.6 Å². The Morgan fingerprint density at radius 1 is 1.22 bits per heavy atom. The number of nitrogens with one attached hydrogen (secondary N) is 1. The van der Waals surface area contributed by atoms with Gasteiger partial charge < -0.3 is 19.5 Å². The molecule has 0 saturated carbocycles. The van der Waals surface area contributed by atoms with Gasteiger partial charge in [-0.25, -0.2) is 4.39 Å². The molecule has 0 unspecified atom stereocenters. The first-order chi connectivity index (χ1) is 15.5. The molecule has 0 spiro atoms. The van der Waals surface area contributed by atoms with E-state index in [-0.39, 0.29) is 29.9 Å². The minimum absolute atomic E-state index is 0.0756. The quantitative estimate of drug-likeness (QED) is 0.553. The molecule has 1 atom stereocenters. The van der Waals surface area contributed by atoms with Gasteiger partial charge in [-0.05, 0) is 30.2 Å². The highest BCUT2D eigenvalue weighted by molar-refractivity contribution is 8.00. The van der Waals surface area contributed by atoms with Crippen molar-refractivity contribution in [2.75, 3.05) is 26.0 Å². The molecular weight excluding hydrogens is 429 g/mol. The van der Waals surface area contributed by atoms with Gasteiger partial charge >= 0.3 is 0 Å². The molecule has 1 aliphatic heterocycles. The lowest BCUT2D eigenvalue weighted by atomic mass is 10.0. The Kier molecular flexibility index (Phi) is 6.81. The highest BCUT2D eigenvalue weighted by atomic mass is 32.2. The second-order valence-electron chi connectivity index (χ2n) is 7.76. The molecule has 0 bridgehead atoms. The number of rotatable bonds is 7. The van der Waals surface area contributed by atoms with Crippen LogP contribution in [0, 0.1) is 5.82 Å². The third-order valence-electron chi connectivity index (χ3n) is 5.70. The van der Waals surface area contributed by atoms with Crippen LogP contribution >= 0.6 is 11.8 Å². The van der Waals surface area contributed by atoms with Crippen molar-refractivity contribution in [3.8, 4) is 0 Å². The summed E-state index contributed by atoms with van der Waals surface area (Å²) in [5.74, 6) is -0.379. The fourth-order valence-corrected chi connectivity index (χ4v) is 5.24. The van der Waals surface area contributed by atoms with Crippen LogP contribution in [0.25, 0.3) is 10.9 Å². The molecule has 8 heteroatoms. The van der Waals surface area contributed by atoms with E-state index in [1.807, 2.05) is 31.3 Å². The average Bonchev–Trinajstić information content (AvgIpc) is 2.98. The summed E-state index contributed by atoms with van der Waals surface area (Å²) < 4.78 is 20.5. The number of nitrogens with zero attached hydrogens (tertiary/aromatic N) is 2. The summed E-state index contributed by atoms with van der Waals surface area (Å²) in [5.41, 5.74) is 2.67. The molecular formula is C24H26FN3O3S. The predicted molar refractivity (Wildman–Crippen MR) is 123 cm³/mol. The summed E-state index contributed by atoms with van der Waals surface area (Å²) in [6.07, 6.45) is 0.634.